The Bertz CT molecular complexity index is 2060. The van der Waals surface area contributed by atoms with Gasteiger partial charge in [-0.2, -0.15) is 0 Å². The molecule has 6 aromatic rings. The Morgan fingerprint density at radius 3 is 1.34 bits per heavy atom. The maximum absolute atomic E-state index is 13.4. The van der Waals surface area contributed by atoms with Crippen LogP contribution in [0.15, 0.2) is 131 Å². The van der Waals surface area contributed by atoms with Gasteiger partial charge in [-0.1, -0.05) is 84.9 Å². The van der Waals surface area contributed by atoms with E-state index in [-0.39, 0.29) is 9.79 Å². The molecule has 0 unspecified atom stereocenters. The Morgan fingerprint density at radius 2 is 0.878 bits per heavy atom. The van der Waals surface area contributed by atoms with Crippen LogP contribution in [0.2, 0.25) is 0 Å². The molecule has 6 aromatic carbocycles. The third-order valence-electron chi connectivity index (χ3n) is 7.51. The standard InChI is InChI=1S/C33H24N2O4S2/c36-40(37,34-32-13-5-9-22-7-1-3-11-30(22)32)26-15-17-28-24(20-26)19-25-21-27(16-18-29(25)28)41(38,39)35-33-14-6-10-23-8-2-4-12-31(23)33/h1-18,20-21,34-35H,19H2. The predicted molar refractivity (Wildman–Crippen MR) is 164 cm³/mol. The zero-order valence-corrected chi connectivity index (χ0v) is 23.3. The third-order valence-corrected chi connectivity index (χ3v) is 10.2. The van der Waals surface area contributed by atoms with Gasteiger partial charge in [-0.05, 0) is 75.8 Å². The molecule has 0 radical (unpaired) electrons. The predicted octanol–water partition coefficient (Wildman–Crippen LogP) is 7.17. The van der Waals surface area contributed by atoms with Crippen molar-refractivity contribution in [2.45, 2.75) is 16.2 Å². The van der Waals surface area contributed by atoms with Gasteiger partial charge < -0.3 is 0 Å². The molecule has 0 fully saturated rings. The molecule has 41 heavy (non-hydrogen) atoms. The highest BCUT2D eigenvalue weighted by atomic mass is 32.2. The number of benzene rings is 6. The van der Waals surface area contributed by atoms with Crippen LogP contribution in [-0.4, -0.2) is 16.8 Å². The smallest absolute Gasteiger partial charge is 0.261 e. The zero-order chi connectivity index (χ0) is 28.2. The number of hydrogen-bond donors (Lipinski definition) is 2. The average Bonchev–Trinajstić information content (AvgIpc) is 3.35. The van der Waals surface area contributed by atoms with E-state index < -0.39 is 20.0 Å². The van der Waals surface area contributed by atoms with E-state index in [1.165, 1.54) is 0 Å². The summed E-state index contributed by atoms with van der Waals surface area (Å²) in [4.78, 5) is 0.310. The zero-order valence-electron chi connectivity index (χ0n) is 21.7. The molecular weight excluding hydrogens is 553 g/mol. The Balaban J connectivity index is 1.17. The molecule has 6 nitrogen and oxygen atoms in total. The SMILES string of the molecule is O=S(=O)(Nc1cccc2ccccc12)c1ccc2c(c1)Cc1cc(S(=O)(=O)Nc3cccc4ccccc34)ccc1-2. The quantitative estimate of drug-likeness (QED) is 0.220. The molecule has 1 aliphatic carbocycles. The molecule has 0 spiro atoms. The summed E-state index contributed by atoms with van der Waals surface area (Å²) in [5.41, 5.74) is 4.49. The summed E-state index contributed by atoms with van der Waals surface area (Å²) in [5, 5.41) is 3.52. The number of hydrogen-bond acceptors (Lipinski definition) is 4. The van der Waals surface area contributed by atoms with Crippen molar-refractivity contribution in [3.8, 4) is 11.1 Å². The van der Waals surface area contributed by atoms with Crippen molar-refractivity contribution in [1.82, 2.24) is 0 Å². The molecule has 2 N–H and O–H groups in total. The lowest BCUT2D eigenvalue weighted by atomic mass is 10.1. The summed E-state index contributed by atoms with van der Waals surface area (Å²) in [6.07, 6.45) is 0.430. The minimum atomic E-state index is -3.85. The molecule has 0 aliphatic heterocycles. The van der Waals surface area contributed by atoms with Crippen LogP contribution >= 0.6 is 0 Å². The lowest BCUT2D eigenvalue weighted by Gasteiger charge is -2.12. The van der Waals surface area contributed by atoms with E-state index in [1.54, 1.807) is 48.5 Å². The number of fused-ring (bicyclic) bond motifs is 5. The first-order valence-corrected chi connectivity index (χ1v) is 16.0. The number of sulfonamides is 2. The van der Waals surface area contributed by atoms with E-state index >= 15 is 0 Å². The van der Waals surface area contributed by atoms with Crippen LogP contribution in [0, 0.1) is 0 Å². The van der Waals surface area contributed by atoms with Gasteiger partial charge >= 0.3 is 0 Å². The third kappa shape index (κ3) is 4.51. The van der Waals surface area contributed by atoms with E-state index in [9.17, 15) is 16.8 Å². The first-order valence-electron chi connectivity index (χ1n) is 13.1. The fraction of sp³-hybridized carbons (Fsp3) is 0.0303. The van der Waals surface area contributed by atoms with Gasteiger partial charge in [-0.3, -0.25) is 9.44 Å². The second-order valence-electron chi connectivity index (χ2n) is 10.1. The van der Waals surface area contributed by atoms with Crippen molar-refractivity contribution in [3.63, 3.8) is 0 Å². The van der Waals surface area contributed by atoms with Gasteiger partial charge in [0.15, 0.2) is 0 Å². The van der Waals surface area contributed by atoms with Crippen molar-refractivity contribution >= 4 is 53.0 Å². The summed E-state index contributed by atoms with van der Waals surface area (Å²) in [6.45, 7) is 0. The second-order valence-corrected chi connectivity index (χ2v) is 13.4. The summed E-state index contributed by atoms with van der Waals surface area (Å²) in [5.74, 6) is 0. The van der Waals surface area contributed by atoms with Crippen molar-refractivity contribution in [2.24, 2.45) is 0 Å². The highest BCUT2D eigenvalue weighted by molar-refractivity contribution is 7.93. The topological polar surface area (TPSA) is 92.3 Å². The largest absolute Gasteiger partial charge is 0.279 e. The highest BCUT2D eigenvalue weighted by Crippen LogP contribution is 2.39. The molecule has 202 valence electrons. The van der Waals surface area contributed by atoms with Crippen LogP contribution in [0.1, 0.15) is 11.1 Å². The van der Waals surface area contributed by atoms with Gasteiger partial charge in [-0.25, -0.2) is 16.8 Å². The van der Waals surface area contributed by atoms with Crippen molar-refractivity contribution in [2.75, 3.05) is 9.44 Å². The Morgan fingerprint density at radius 1 is 0.463 bits per heavy atom. The maximum Gasteiger partial charge on any atom is 0.261 e. The van der Waals surface area contributed by atoms with Crippen LogP contribution in [0.4, 0.5) is 11.4 Å². The normalized spacial score (nSPS) is 12.7. The fourth-order valence-electron chi connectivity index (χ4n) is 5.53. The van der Waals surface area contributed by atoms with Crippen LogP contribution in [-0.2, 0) is 26.5 Å². The van der Waals surface area contributed by atoms with Crippen LogP contribution in [0.25, 0.3) is 32.7 Å². The molecule has 1 aliphatic rings. The van der Waals surface area contributed by atoms with Crippen molar-refractivity contribution in [1.29, 1.82) is 0 Å². The van der Waals surface area contributed by atoms with E-state index in [0.29, 0.717) is 17.8 Å². The van der Waals surface area contributed by atoms with Gasteiger partial charge in [0.25, 0.3) is 20.0 Å². The summed E-state index contributed by atoms with van der Waals surface area (Å²) in [7, 11) is -7.71. The minimum Gasteiger partial charge on any atom is -0.279 e. The number of nitrogens with one attached hydrogen (secondary N) is 2. The van der Waals surface area contributed by atoms with Crippen LogP contribution in [0.5, 0.6) is 0 Å². The van der Waals surface area contributed by atoms with Gasteiger partial charge in [0.1, 0.15) is 0 Å². The molecule has 0 bridgehead atoms. The van der Waals surface area contributed by atoms with Gasteiger partial charge in [0, 0.05) is 10.8 Å². The average molecular weight is 577 g/mol. The molecule has 0 atom stereocenters. The van der Waals surface area contributed by atoms with Crippen LogP contribution < -0.4 is 9.44 Å². The molecule has 0 saturated heterocycles. The first kappa shape index (κ1) is 25.3. The van der Waals surface area contributed by atoms with E-state index in [2.05, 4.69) is 9.44 Å². The first-order chi connectivity index (χ1) is 19.8. The Hall–Kier alpha value is -4.66. The number of rotatable bonds is 6. The Kier molecular flexibility index (Phi) is 5.85. The minimum absolute atomic E-state index is 0.155. The maximum atomic E-state index is 13.4. The monoisotopic (exact) mass is 576 g/mol. The molecular formula is C33H24N2O4S2. The van der Waals surface area contributed by atoms with E-state index in [0.717, 1.165) is 43.8 Å². The molecule has 0 aromatic heterocycles. The van der Waals surface area contributed by atoms with Gasteiger partial charge in [-0.15, -0.1) is 0 Å². The fourth-order valence-corrected chi connectivity index (χ4v) is 7.79. The van der Waals surface area contributed by atoms with E-state index in [1.807, 2.05) is 72.8 Å². The molecule has 8 heteroatoms. The van der Waals surface area contributed by atoms with E-state index in [4.69, 9.17) is 0 Å². The molecule has 0 heterocycles. The summed E-state index contributed by atoms with van der Waals surface area (Å²) in [6, 6.07) is 36.3. The lowest BCUT2D eigenvalue weighted by molar-refractivity contribution is 0.599. The summed E-state index contributed by atoms with van der Waals surface area (Å²) < 4.78 is 59.0. The second kappa shape index (κ2) is 9.47. The van der Waals surface area contributed by atoms with Crippen molar-refractivity contribution in [3.05, 3.63) is 132 Å². The number of anilines is 2. The molecule has 0 amide bonds. The lowest BCUT2D eigenvalue weighted by Crippen LogP contribution is -2.13. The van der Waals surface area contributed by atoms with Gasteiger partial charge in [0.05, 0.1) is 21.2 Å². The Labute approximate surface area is 238 Å². The molecule has 0 saturated carbocycles. The van der Waals surface area contributed by atoms with Crippen molar-refractivity contribution < 1.29 is 16.8 Å². The van der Waals surface area contributed by atoms with Gasteiger partial charge in [0.2, 0.25) is 0 Å². The van der Waals surface area contributed by atoms with Crippen LogP contribution in [0.3, 0.4) is 0 Å². The highest BCUT2D eigenvalue weighted by Gasteiger charge is 2.25. The summed E-state index contributed by atoms with van der Waals surface area (Å²) >= 11 is 0. The molecule has 7 rings (SSSR count).